The number of aryl methyl sites for hydroxylation is 1. The van der Waals surface area contributed by atoms with E-state index in [9.17, 15) is 4.79 Å². The molecule has 21 heavy (non-hydrogen) atoms. The van der Waals surface area contributed by atoms with Crippen molar-refractivity contribution in [3.05, 3.63) is 46.5 Å². The zero-order valence-electron chi connectivity index (χ0n) is 12.4. The van der Waals surface area contributed by atoms with E-state index in [4.69, 9.17) is 11.6 Å². The van der Waals surface area contributed by atoms with Crippen molar-refractivity contribution < 1.29 is 4.79 Å². The molecule has 112 valence electrons. The first-order valence-corrected chi connectivity index (χ1v) is 7.24. The van der Waals surface area contributed by atoms with Crippen LogP contribution >= 0.6 is 11.6 Å². The summed E-state index contributed by atoms with van der Waals surface area (Å²) in [5.74, 6) is -0.216. The summed E-state index contributed by atoms with van der Waals surface area (Å²) in [6, 6.07) is 5.63. The Labute approximate surface area is 129 Å². The van der Waals surface area contributed by atoms with Gasteiger partial charge in [0, 0.05) is 6.20 Å². The van der Waals surface area contributed by atoms with Gasteiger partial charge in [0.2, 0.25) is 5.91 Å². The summed E-state index contributed by atoms with van der Waals surface area (Å²) in [5, 5.41) is 7.89. The maximum Gasteiger partial charge on any atom is 0.225 e. The van der Waals surface area contributed by atoms with Gasteiger partial charge in [-0.1, -0.05) is 24.6 Å². The Morgan fingerprint density at radius 1 is 1.43 bits per heavy atom. The van der Waals surface area contributed by atoms with Gasteiger partial charge in [-0.15, -0.1) is 0 Å². The molecule has 2 rings (SSSR count). The van der Waals surface area contributed by atoms with Crippen molar-refractivity contribution in [3.8, 4) is 0 Å². The van der Waals surface area contributed by atoms with Crippen LogP contribution in [0.25, 0.3) is 0 Å². The van der Waals surface area contributed by atoms with E-state index >= 15 is 0 Å². The van der Waals surface area contributed by atoms with Crippen molar-refractivity contribution in [2.45, 2.75) is 33.9 Å². The fourth-order valence-corrected chi connectivity index (χ4v) is 2.19. The van der Waals surface area contributed by atoms with Crippen molar-refractivity contribution in [2.24, 2.45) is 5.92 Å². The van der Waals surface area contributed by atoms with E-state index < -0.39 is 0 Å². The maximum atomic E-state index is 12.1. The third-order valence-electron chi connectivity index (χ3n) is 3.36. The first-order valence-electron chi connectivity index (χ1n) is 6.86. The van der Waals surface area contributed by atoms with Gasteiger partial charge in [0.1, 0.15) is 0 Å². The molecule has 0 spiro atoms. The summed E-state index contributed by atoms with van der Waals surface area (Å²) in [5.41, 5.74) is 2.51. The van der Waals surface area contributed by atoms with E-state index in [1.165, 1.54) is 0 Å². The predicted octanol–water partition coefficient (Wildman–Crippen LogP) is 2.50. The van der Waals surface area contributed by atoms with E-state index in [0.29, 0.717) is 18.1 Å². The molecule has 1 N–H and O–H groups in total. The minimum Gasteiger partial charge on any atom is -0.350 e. The molecule has 1 atom stereocenters. The molecule has 0 unspecified atom stereocenters. The lowest BCUT2D eigenvalue weighted by Gasteiger charge is -2.13. The zero-order chi connectivity index (χ0) is 15.4. The first kappa shape index (κ1) is 15.5. The molecular weight excluding hydrogens is 288 g/mol. The summed E-state index contributed by atoms with van der Waals surface area (Å²) in [7, 11) is 0. The Hall–Kier alpha value is -1.88. The molecule has 0 aromatic carbocycles. The minimum absolute atomic E-state index is 0.0238. The van der Waals surface area contributed by atoms with Crippen molar-refractivity contribution >= 4 is 17.5 Å². The van der Waals surface area contributed by atoms with E-state index in [1.54, 1.807) is 10.9 Å². The maximum absolute atomic E-state index is 12.1. The highest BCUT2D eigenvalue weighted by molar-refractivity contribution is 6.31. The van der Waals surface area contributed by atoms with Crippen LogP contribution in [0.5, 0.6) is 0 Å². The number of nitrogens with zero attached hydrogens (tertiary/aromatic N) is 3. The number of hydrogen-bond donors (Lipinski definition) is 1. The van der Waals surface area contributed by atoms with Crippen LogP contribution in [-0.4, -0.2) is 20.7 Å². The van der Waals surface area contributed by atoms with Crippen LogP contribution in [0.1, 0.15) is 24.0 Å². The normalized spacial score (nSPS) is 12.2. The Morgan fingerprint density at radius 3 is 2.76 bits per heavy atom. The molecule has 0 aliphatic heterocycles. The van der Waals surface area contributed by atoms with Gasteiger partial charge in [0.25, 0.3) is 0 Å². The SMILES string of the molecule is Cc1nn(C[C@@H](C)C(=O)NCc2ccccn2)c(C)c1Cl. The van der Waals surface area contributed by atoms with Crippen LogP contribution in [0.15, 0.2) is 24.4 Å². The number of halogens is 1. The molecule has 5 nitrogen and oxygen atoms in total. The molecule has 2 heterocycles. The lowest BCUT2D eigenvalue weighted by atomic mass is 10.1. The third-order valence-corrected chi connectivity index (χ3v) is 3.90. The minimum atomic E-state index is -0.192. The molecule has 2 aromatic heterocycles. The highest BCUT2D eigenvalue weighted by atomic mass is 35.5. The summed E-state index contributed by atoms with van der Waals surface area (Å²) in [6.07, 6.45) is 1.71. The molecule has 2 aromatic rings. The van der Waals surface area contributed by atoms with Crippen molar-refractivity contribution in [2.75, 3.05) is 0 Å². The van der Waals surface area contributed by atoms with E-state index in [2.05, 4.69) is 15.4 Å². The zero-order valence-corrected chi connectivity index (χ0v) is 13.2. The monoisotopic (exact) mass is 306 g/mol. The van der Waals surface area contributed by atoms with Crippen molar-refractivity contribution in [1.29, 1.82) is 0 Å². The Kier molecular flexibility index (Phi) is 4.96. The fourth-order valence-electron chi connectivity index (χ4n) is 2.05. The number of nitrogens with one attached hydrogen (secondary N) is 1. The second-order valence-corrected chi connectivity index (χ2v) is 5.48. The number of amides is 1. The van der Waals surface area contributed by atoms with Crippen LogP contribution in [-0.2, 0) is 17.9 Å². The first-order chi connectivity index (χ1) is 9.99. The van der Waals surface area contributed by atoms with Crippen LogP contribution in [0, 0.1) is 19.8 Å². The standard InChI is InChI=1S/C15H19ClN4O/c1-10(9-20-12(3)14(16)11(2)19-20)15(21)18-8-13-6-4-5-7-17-13/h4-7,10H,8-9H2,1-3H3,(H,18,21)/t10-/m1/s1. The molecule has 0 saturated heterocycles. The van der Waals surface area contributed by atoms with Crippen molar-refractivity contribution in [1.82, 2.24) is 20.1 Å². The summed E-state index contributed by atoms with van der Waals surface area (Å²) in [4.78, 5) is 16.3. The van der Waals surface area contributed by atoms with Crippen LogP contribution < -0.4 is 5.32 Å². The Balaban J connectivity index is 1.92. The predicted molar refractivity (Wildman–Crippen MR) is 82.0 cm³/mol. The van der Waals surface area contributed by atoms with Gasteiger partial charge in [0.15, 0.2) is 0 Å². The van der Waals surface area contributed by atoms with Gasteiger partial charge < -0.3 is 5.32 Å². The molecule has 0 fully saturated rings. The second-order valence-electron chi connectivity index (χ2n) is 5.11. The van der Waals surface area contributed by atoms with Crippen LogP contribution in [0.4, 0.5) is 0 Å². The number of carbonyl (C=O) groups excluding carboxylic acids is 1. The average molecular weight is 307 g/mol. The molecule has 0 aliphatic rings. The molecule has 0 aliphatic carbocycles. The van der Waals surface area contributed by atoms with Crippen molar-refractivity contribution in [3.63, 3.8) is 0 Å². The van der Waals surface area contributed by atoms with Gasteiger partial charge in [-0.25, -0.2) is 0 Å². The van der Waals surface area contributed by atoms with E-state index in [-0.39, 0.29) is 11.8 Å². The average Bonchev–Trinajstić information content (AvgIpc) is 2.73. The lowest BCUT2D eigenvalue weighted by molar-refractivity contribution is -0.125. The van der Waals surface area contributed by atoms with Gasteiger partial charge in [-0.05, 0) is 26.0 Å². The molecule has 0 bridgehead atoms. The topological polar surface area (TPSA) is 59.8 Å². The summed E-state index contributed by atoms with van der Waals surface area (Å²) >= 11 is 6.11. The second kappa shape index (κ2) is 6.72. The fraction of sp³-hybridized carbons (Fsp3) is 0.400. The molecular formula is C15H19ClN4O. The highest BCUT2D eigenvalue weighted by Gasteiger charge is 2.17. The smallest absolute Gasteiger partial charge is 0.225 e. The number of aromatic nitrogens is 3. The molecule has 0 radical (unpaired) electrons. The largest absolute Gasteiger partial charge is 0.350 e. The van der Waals surface area contributed by atoms with E-state index in [0.717, 1.165) is 17.1 Å². The summed E-state index contributed by atoms with van der Waals surface area (Å²) < 4.78 is 1.78. The Morgan fingerprint density at radius 2 is 2.19 bits per heavy atom. The van der Waals surface area contributed by atoms with Gasteiger partial charge in [-0.3, -0.25) is 14.5 Å². The van der Waals surface area contributed by atoms with Gasteiger partial charge in [0.05, 0.1) is 41.1 Å². The number of carbonyl (C=O) groups is 1. The van der Waals surface area contributed by atoms with Gasteiger partial charge >= 0.3 is 0 Å². The van der Waals surface area contributed by atoms with E-state index in [1.807, 2.05) is 39.0 Å². The number of pyridine rings is 1. The molecule has 1 amide bonds. The quantitative estimate of drug-likeness (QED) is 0.923. The Bertz CT molecular complexity index is 624. The molecule has 6 heteroatoms. The van der Waals surface area contributed by atoms with Crippen LogP contribution in [0.2, 0.25) is 5.02 Å². The number of hydrogen-bond acceptors (Lipinski definition) is 3. The molecule has 0 saturated carbocycles. The van der Waals surface area contributed by atoms with Crippen LogP contribution in [0.3, 0.4) is 0 Å². The lowest BCUT2D eigenvalue weighted by Crippen LogP contribution is -2.31. The van der Waals surface area contributed by atoms with Gasteiger partial charge in [-0.2, -0.15) is 5.10 Å². The third kappa shape index (κ3) is 3.82. The highest BCUT2D eigenvalue weighted by Crippen LogP contribution is 2.19. The number of rotatable bonds is 5. The summed E-state index contributed by atoms with van der Waals surface area (Å²) in [6.45, 7) is 6.58.